The Balaban J connectivity index is 1.68. The Morgan fingerprint density at radius 3 is 2.38 bits per heavy atom. The molecule has 0 bridgehead atoms. The van der Waals surface area contributed by atoms with Crippen LogP contribution in [0.1, 0.15) is 45.0 Å². The Kier molecular flexibility index (Phi) is 5.89. The zero-order valence-electron chi connectivity index (χ0n) is 17.4. The predicted octanol–water partition coefficient (Wildman–Crippen LogP) is 4.23. The minimum absolute atomic E-state index is 0.0284. The van der Waals surface area contributed by atoms with Gasteiger partial charge in [0.1, 0.15) is 0 Å². The van der Waals surface area contributed by atoms with E-state index in [1.807, 2.05) is 6.07 Å². The van der Waals surface area contributed by atoms with Crippen LogP contribution in [0, 0.1) is 0 Å². The zero-order valence-corrected chi connectivity index (χ0v) is 17.4. The van der Waals surface area contributed by atoms with Crippen LogP contribution in [0.3, 0.4) is 0 Å². The highest BCUT2D eigenvalue weighted by molar-refractivity contribution is 6.15. The smallest absolute Gasteiger partial charge is 0.338 e. The summed E-state index contributed by atoms with van der Waals surface area (Å²) in [4.78, 5) is 39.4. The van der Waals surface area contributed by atoms with Gasteiger partial charge in [-0.25, -0.2) is 4.79 Å². The standard InChI is InChI=1S/C25H21NO6/c1-2-31-25(30)18-12-10-16(11-13-18)15-26-21(17-7-4-3-5-8-17)20(23(28)24(26)29)22(27)19-9-6-14-32-19/h3-14,21,28H,2,15H2,1H3. The first kappa shape index (κ1) is 21.1. The van der Waals surface area contributed by atoms with Gasteiger partial charge in [-0.15, -0.1) is 0 Å². The Bertz CT molecular complexity index is 1160. The van der Waals surface area contributed by atoms with Gasteiger partial charge in [-0.05, 0) is 42.3 Å². The third-order valence-electron chi connectivity index (χ3n) is 5.23. The number of carbonyl (C=O) groups is 3. The van der Waals surface area contributed by atoms with Crippen LogP contribution >= 0.6 is 0 Å². The molecule has 1 N–H and O–H groups in total. The highest BCUT2D eigenvalue weighted by Crippen LogP contribution is 2.39. The Hall–Kier alpha value is -4.13. The van der Waals surface area contributed by atoms with Crippen molar-refractivity contribution in [3.05, 3.63) is 107 Å². The first-order valence-corrected chi connectivity index (χ1v) is 10.1. The Labute approximate surface area is 184 Å². The quantitative estimate of drug-likeness (QED) is 0.444. The summed E-state index contributed by atoms with van der Waals surface area (Å²) >= 11 is 0. The zero-order chi connectivity index (χ0) is 22.7. The van der Waals surface area contributed by atoms with Crippen molar-refractivity contribution in [1.29, 1.82) is 0 Å². The number of hydrogen-bond donors (Lipinski definition) is 1. The fraction of sp³-hybridized carbons (Fsp3) is 0.160. The molecule has 0 saturated carbocycles. The normalized spacial score (nSPS) is 15.8. The molecule has 162 valence electrons. The summed E-state index contributed by atoms with van der Waals surface area (Å²) in [5.74, 6) is -2.17. The summed E-state index contributed by atoms with van der Waals surface area (Å²) in [7, 11) is 0. The van der Waals surface area contributed by atoms with Crippen molar-refractivity contribution < 1.29 is 28.6 Å². The molecule has 7 heteroatoms. The number of carbonyl (C=O) groups excluding carboxylic acids is 3. The number of furan rings is 1. The lowest BCUT2D eigenvalue weighted by Gasteiger charge is -2.26. The molecule has 7 nitrogen and oxygen atoms in total. The number of nitrogens with zero attached hydrogens (tertiary/aromatic N) is 1. The number of Topliss-reactive ketones (excluding diaryl/α,β-unsaturated/α-hetero) is 1. The molecule has 3 aromatic rings. The first-order chi connectivity index (χ1) is 15.5. The second-order valence-corrected chi connectivity index (χ2v) is 7.23. The van der Waals surface area contributed by atoms with Crippen LogP contribution in [0.15, 0.2) is 88.7 Å². The SMILES string of the molecule is CCOC(=O)c1ccc(CN2C(=O)C(O)=C(C(=O)c3ccco3)C2c2ccccc2)cc1. The molecular weight excluding hydrogens is 410 g/mol. The maximum absolute atomic E-state index is 13.1. The molecule has 0 radical (unpaired) electrons. The van der Waals surface area contributed by atoms with E-state index < -0.39 is 29.5 Å². The summed E-state index contributed by atoms with van der Waals surface area (Å²) in [6.07, 6.45) is 1.36. The van der Waals surface area contributed by atoms with E-state index in [0.29, 0.717) is 11.1 Å². The van der Waals surface area contributed by atoms with Gasteiger partial charge in [0.2, 0.25) is 5.78 Å². The number of rotatable bonds is 7. The van der Waals surface area contributed by atoms with E-state index in [2.05, 4.69) is 0 Å². The van der Waals surface area contributed by atoms with Gasteiger partial charge >= 0.3 is 5.97 Å². The van der Waals surface area contributed by atoms with Crippen molar-refractivity contribution in [2.24, 2.45) is 0 Å². The molecule has 1 aliphatic rings. The molecule has 2 heterocycles. The summed E-state index contributed by atoms with van der Waals surface area (Å²) in [5, 5.41) is 10.6. The number of hydrogen-bond acceptors (Lipinski definition) is 6. The third kappa shape index (κ3) is 3.92. The summed E-state index contributed by atoms with van der Waals surface area (Å²) in [6, 6.07) is 18.0. The molecule has 0 aliphatic carbocycles. The monoisotopic (exact) mass is 431 g/mol. The van der Waals surface area contributed by atoms with Crippen molar-refractivity contribution in [2.45, 2.75) is 19.5 Å². The van der Waals surface area contributed by atoms with E-state index >= 15 is 0 Å². The molecule has 0 saturated heterocycles. The van der Waals surface area contributed by atoms with Gasteiger partial charge in [-0.3, -0.25) is 9.59 Å². The van der Waals surface area contributed by atoms with Crippen molar-refractivity contribution in [3.63, 3.8) is 0 Å². The van der Waals surface area contributed by atoms with E-state index in [1.54, 1.807) is 61.5 Å². The number of aliphatic hydroxyl groups excluding tert-OH is 1. The number of amides is 1. The van der Waals surface area contributed by atoms with Gasteiger partial charge < -0.3 is 19.2 Å². The molecule has 0 spiro atoms. The number of ketones is 1. The molecular formula is C25H21NO6. The minimum atomic E-state index is -0.786. The highest BCUT2D eigenvalue weighted by Gasteiger charge is 2.44. The van der Waals surface area contributed by atoms with Crippen LogP contribution in [0.25, 0.3) is 0 Å². The van der Waals surface area contributed by atoms with E-state index in [4.69, 9.17) is 9.15 Å². The van der Waals surface area contributed by atoms with Crippen LogP contribution in [0.2, 0.25) is 0 Å². The topological polar surface area (TPSA) is 97.0 Å². The van der Waals surface area contributed by atoms with Crippen molar-refractivity contribution >= 4 is 17.7 Å². The van der Waals surface area contributed by atoms with Crippen LogP contribution in [0.4, 0.5) is 0 Å². The maximum Gasteiger partial charge on any atom is 0.338 e. The molecule has 1 atom stereocenters. The van der Waals surface area contributed by atoms with E-state index in [0.717, 1.165) is 5.56 Å². The molecule has 4 rings (SSSR count). The predicted molar refractivity (Wildman–Crippen MR) is 115 cm³/mol. The molecule has 1 aliphatic heterocycles. The molecule has 0 fully saturated rings. The third-order valence-corrected chi connectivity index (χ3v) is 5.23. The lowest BCUT2D eigenvalue weighted by molar-refractivity contribution is -0.130. The van der Waals surface area contributed by atoms with Gasteiger partial charge in [-0.2, -0.15) is 0 Å². The van der Waals surface area contributed by atoms with Crippen LogP contribution in [-0.2, 0) is 16.1 Å². The Morgan fingerprint density at radius 2 is 1.75 bits per heavy atom. The van der Waals surface area contributed by atoms with Crippen LogP contribution in [-0.4, -0.2) is 34.3 Å². The van der Waals surface area contributed by atoms with Crippen molar-refractivity contribution in [3.8, 4) is 0 Å². The number of esters is 1. The lowest BCUT2D eigenvalue weighted by atomic mass is 9.95. The van der Waals surface area contributed by atoms with E-state index in [-0.39, 0.29) is 24.5 Å². The highest BCUT2D eigenvalue weighted by atomic mass is 16.5. The fourth-order valence-corrected chi connectivity index (χ4v) is 3.73. The van der Waals surface area contributed by atoms with E-state index in [1.165, 1.54) is 17.2 Å². The Morgan fingerprint density at radius 1 is 1.03 bits per heavy atom. The minimum Gasteiger partial charge on any atom is -0.503 e. The fourth-order valence-electron chi connectivity index (χ4n) is 3.73. The van der Waals surface area contributed by atoms with E-state index in [9.17, 15) is 19.5 Å². The molecule has 2 aromatic carbocycles. The molecule has 32 heavy (non-hydrogen) atoms. The van der Waals surface area contributed by atoms with Gasteiger partial charge in [0, 0.05) is 6.54 Å². The average molecular weight is 431 g/mol. The summed E-state index contributed by atoms with van der Waals surface area (Å²) in [6.45, 7) is 2.13. The van der Waals surface area contributed by atoms with Gasteiger partial charge in [0.05, 0.1) is 30.0 Å². The number of benzene rings is 2. The largest absolute Gasteiger partial charge is 0.503 e. The van der Waals surface area contributed by atoms with Gasteiger partial charge in [-0.1, -0.05) is 42.5 Å². The summed E-state index contributed by atoms with van der Waals surface area (Å²) < 4.78 is 10.2. The molecule has 1 amide bonds. The second-order valence-electron chi connectivity index (χ2n) is 7.23. The number of aliphatic hydroxyl groups is 1. The van der Waals surface area contributed by atoms with Gasteiger partial charge in [0.15, 0.2) is 11.5 Å². The average Bonchev–Trinajstić information content (AvgIpc) is 3.43. The maximum atomic E-state index is 13.1. The summed E-state index contributed by atoms with van der Waals surface area (Å²) in [5.41, 5.74) is 1.78. The molecule has 1 aromatic heterocycles. The number of ether oxygens (including phenoxy) is 1. The van der Waals surface area contributed by atoms with Crippen molar-refractivity contribution in [1.82, 2.24) is 4.90 Å². The lowest BCUT2D eigenvalue weighted by Crippen LogP contribution is -2.30. The van der Waals surface area contributed by atoms with Gasteiger partial charge in [0.25, 0.3) is 5.91 Å². The van der Waals surface area contributed by atoms with Crippen LogP contribution in [0.5, 0.6) is 0 Å². The first-order valence-electron chi connectivity index (χ1n) is 10.1. The molecule has 1 unspecified atom stereocenters. The van der Waals surface area contributed by atoms with Crippen LogP contribution < -0.4 is 0 Å². The van der Waals surface area contributed by atoms with Crippen molar-refractivity contribution in [2.75, 3.05) is 6.61 Å². The second kappa shape index (κ2) is 8.93.